The molecule has 9 heteroatoms. The maximum absolute atomic E-state index is 13.5. The summed E-state index contributed by atoms with van der Waals surface area (Å²) in [6.07, 6.45) is 0.616. The molecule has 0 bridgehead atoms. The van der Waals surface area contributed by atoms with Gasteiger partial charge in [0, 0.05) is 61.4 Å². The van der Waals surface area contributed by atoms with Gasteiger partial charge in [-0.05, 0) is 90.0 Å². The van der Waals surface area contributed by atoms with Gasteiger partial charge in [0.25, 0.3) is 11.8 Å². The third kappa shape index (κ3) is 6.03. The highest BCUT2D eigenvalue weighted by atomic mass is 19.4. The Morgan fingerprint density at radius 2 is 1.56 bits per heavy atom. The average molecular weight is 585 g/mol. The fraction of sp³-hybridized carbons (Fsp3) is 0.265. The molecular formula is C34H31F3N4O2. The molecule has 2 aliphatic rings. The smallest absolute Gasteiger partial charge is 0.336 e. The van der Waals surface area contributed by atoms with E-state index in [2.05, 4.69) is 21.3 Å². The summed E-state index contributed by atoms with van der Waals surface area (Å²) in [6, 6.07) is 20.0. The second kappa shape index (κ2) is 11.6. The zero-order valence-electron chi connectivity index (χ0n) is 23.7. The van der Waals surface area contributed by atoms with Crippen LogP contribution in [-0.4, -0.2) is 58.8 Å². The van der Waals surface area contributed by atoms with Gasteiger partial charge in [0.2, 0.25) is 0 Å². The SMILES string of the molecule is Cc1cccc(C(=O)Nc2ccc3c(c2)CC(N2CCN(C(=O)c4ccncc4)CC2)C3)c1-c1ccc(C(F)(F)F)cc1. The van der Waals surface area contributed by atoms with Gasteiger partial charge in [0.1, 0.15) is 0 Å². The molecule has 2 amide bonds. The first kappa shape index (κ1) is 28.6. The van der Waals surface area contributed by atoms with E-state index in [1.807, 2.05) is 30.0 Å². The summed E-state index contributed by atoms with van der Waals surface area (Å²) in [6.45, 7) is 4.80. The van der Waals surface area contributed by atoms with Crippen LogP contribution in [0.4, 0.5) is 18.9 Å². The van der Waals surface area contributed by atoms with Crippen LogP contribution in [0.5, 0.6) is 0 Å². The standard InChI is InChI=1S/C34H31F3N4O2/c1-22-3-2-4-30(31(22)23-5-8-27(9-6-23)34(35,36)37)32(42)39-28-10-7-25-20-29(21-26(25)19-28)40-15-17-41(18-16-40)33(43)24-11-13-38-14-12-24/h2-14,19,29H,15-18,20-21H2,1H3,(H,39,42). The van der Waals surface area contributed by atoms with Crippen molar-refractivity contribution >= 4 is 17.5 Å². The van der Waals surface area contributed by atoms with Gasteiger partial charge in [0.15, 0.2) is 0 Å². The maximum Gasteiger partial charge on any atom is 0.416 e. The topological polar surface area (TPSA) is 65.5 Å². The van der Waals surface area contributed by atoms with Crippen molar-refractivity contribution in [1.29, 1.82) is 0 Å². The number of fused-ring (bicyclic) bond motifs is 1. The van der Waals surface area contributed by atoms with Gasteiger partial charge in [-0.1, -0.05) is 30.3 Å². The van der Waals surface area contributed by atoms with Crippen LogP contribution >= 0.6 is 0 Å². The predicted octanol–water partition coefficient (Wildman–Crippen LogP) is 6.25. The Balaban J connectivity index is 1.11. The Hall–Kier alpha value is -4.50. The minimum Gasteiger partial charge on any atom is -0.336 e. The van der Waals surface area contributed by atoms with E-state index >= 15 is 0 Å². The number of hydrogen-bond acceptors (Lipinski definition) is 4. The normalized spacial score (nSPS) is 17.0. The summed E-state index contributed by atoms with van der Waals surface area (Å²) in [5.74, 6) is -0.282. The first-order chi connectivity index (χ1) is 20.7. The van der Waals surface area contributed by atoms with Crippen LogP contribution in [0.1, 0.15) is 43.0 Å². The van der Waals surface area contributed by atoms with Gasteiger partial charge in [-0.15, -0.1) is 0 Å². The number of aryl methyl sites for hydroxylation is 1. The Morgan fingerprint density at radius 3 is 2.26 bits per heavy atom. The summed E-state index contributed by atoms with van der Waals surface area (Å²) >= 11 is 0. The van der Waals surface area contributed by atoms with Crippen LogP contribution in [0.15, 0.2) is 85.2 Å². The molecule has 0 radical (unpaired) electrons. The van der Waals surface area contributed by atoms with Gasteiger partial charge in [-0.3, -0.25) is 19.5 Å². The molecule has 1 aliphatic heterocycles. The highest BCUT2D eigenvalue weighted by Gasteiger charge is 2.32. The Labute approximate surface area is 248 Å². The van der Waals surface area contributed by atoms with E-state index in [0.29, 0.717) is 47.1 Å². The van der Waals surface area contributed by atoms with Crippen LogP contribution in [0.25, 0.3) is 11.1 Å². The zero-order chi connectivity index (χ0) is 30.1. The molecule has 1 aromatic heterocycles. The molecule has 1 atom stereocenters. The summed E-state index contributed by atoms with van der Waals surface area (Å²) < 4.78 is 39.3. The van der Waals surface area contributed by atoms with Crippen molar-refractivity contribution < 1.29 is 22.8 Å². The van der Waals surface area contributed by atoms with Crippen molar-refractivity contribution in [2.75, 3.05) is 31.5 Å². The average Bonchev–Trinajstić information content (AvgIpc) is 3.44. The highest BCUT2D eigenvalue weighted by molar-refractivity contribution is 6.09. The fourth-order valence-electron chi connectivity index (χ4n) is 6.16. The number of carbonyl (C=O) groups is 2. The van der Waals surface area contributed by atoms with E-state index in [1.54, 1.807) is 36.7 Å². The summed E-state index contributed by atoms with van der Waals surface area (Å²) in [7, 11) is 0. The van der Waals surface area contributed by atoms with Gasteiger partial charge >= 0.3 is 6.18 Å². The van der Waals surface area contributed by atoms with E-state index in [1.165, 1.54) is 23.3 Å². The van der Waals surface area contributed by atoms with Crippen LogP contribution in [0.2, 0.25) is 0 Å². The second-order valence-corrected chi connectivity index (χ2v) is 11.1. The number of aromatic nitrogens is 1. The molecule has 1 aliphatic carbocycles. The zero-order valence-corrected chi connectivity index (χ0v) is 23.7. The third-order valence-electron chi connectivity index (χ3n) is 8.44. The lowest BCUT2D eigenvalue weighted by molar-refractivity contribution is -0.137. The molecule has 220 valence electrons. The molecule has 0 saturated carbocycles. The Bertz CT molecular complexity index is 1650. The Kier molecular flexibility index (Phi) is 7.75. The van der Waals surface area contributed by atoms with E-state index in [9.17, 15) is 22.8 Å². The van der Waals surface area contributed by atoms with Crippen molar-refractivity contribution in [2.45, 2.75) is 32.0 Å². The lowest BCUT2D eigenvalue weighted by atomic mass is 9.93. The number of anilines is 1. The number of piperazine rings is 1. The lowest BCUT2D eigenvalue weighted by Crippen LogP contribution is -2.52. The number of nitrogens with zero attached hydrogens (tertiary/aromatic N) is 3. The first-order valence-electron chi connectivity index (χ1n) is 14.3. The van der Waals surface area contributed by atoms with E-state index in [0.717, 1.165) is 43.6 Å². The molecule has 1 saturated heterocycles. The van der Waals surface area contributed by atoms with Crippen molar-refractivity contribution in [3.8, 4) is 11.1 Å². The molecule has 6 rings (SSSR count). The van der Waals surface area contributed by atoms with Crippen molar-refractivity contribution in [3.05, 3.63) is 119 Å². The molecule has 3 aromatic carbocycles. The quantitative estimate of drug-likeness (QED) is 0.301. The molecule has 4 aromatic rings. The number of halogens is 3. The highest BCUT2D eigenvalue weighted by Crippen LogP contribution is 2.34. The summed E-state index contributed by atoms with van der Waals surface area (Å²) in [5, 5.41) is 3.01. The summed E-state index contributed by atoms with van der Waals surface area (Å²) in [5.41, 5.74) is 5.40. The second-order valence-electron chi connectivity index (χ2n) is 11.1. The predicted molar refractivity (Wildman–Crippen MR) is 159 cm³/mol. The number of nitrogens with one attached hydrogen (secondary N) is 1. The largest absolute Gasteiger partial charge is 0.416 e. The number of alkyl halides is 3. The molecular weight excluding hydrogens is 553 g/mol. The van der Waals surface area contributed by atoms with Gasteiger partial charge < -0.3 is 10.2 Å². The van der Waals surface area contributed by atoms with Crippen molar-refractivity contribution in [3.63, 3.8) is 0 Å². The van der Waals surface area contributed by atoms with Crippen LogP contribution in [-0.2, 0) is 19.0 Å². The number of pyridine rings is 1. The van der Waals surface area contributed by atoms with Gasteiger partial charge in [-0.2, -0.15) is 13.2 Å². The fourth-order valence-corrected chi connectivity index (χ4v) is 6.16. The minimum absolute atomic E-state index is 0.0345. The summed E-state index contributed by atoms with van der Waals surface area (Å²) in [4.78, 5) is 34.6. The Morgan fingerprint density at radius 1 is 0.860 bits per heavy atom. The monoisotopic (exact) mass is 584 g/mol. The van der Waals surface area contributed by atoms with Gasteiger partial charge in [0.05, 0.1) is 5.56 Å². The number of carbonyl (C=O) groups excluding carboxylic acids is 2. The minimum atomic E-state index is -4.43. The molecule has 6 nitrogen and oxygen atoms in total. The number of amides is 2. The number of hydrogen-bond donors (Lipinski definition) is 1. The maximum atomic E-state index is 13.5. The van der Waals surface area contributed by atoms with Crippen LogP contribution < -0.4 is 5.32 Å². The number of benzene rings is 3. The van der Waals surface area contributed by atoms with E-state index in [4.69, 9.17) is 0 Å². The van der Waals surface area contributed by atoms with E-state index in [-0.39, 0.29) is 11.8 Å². The number of rotatable bonds is 5. The first-order valence-corrected chi connectivity index (χ1v) is 14.3. The molecule has 1 unspecified atom stereocenters. The molecule has 1 N–H and O–H groups in total. The molecule has 2 heterocycles. The van der Waals surface area contributed by atoms with Crippen molar-refractivity contribution in [2.24, 2.45) is 0 Å². The molecule has 43 heavy (non-hydrogen) atoms. The van der Waals surface area contributed by atoms with Crippen LogP contribution in [0, 0.1) is 6.92 Å². The van der Waals surface area contributed by atoms with E-state index < -0.39 is 11.7 Å². The van der Waals surface area contributed by atoms with Crippen LogP contribution in [0.3, 0.4) is 0 Å². The third-order valence-corrected chi connectivity index (χ3v) is 8.44. The lowest BCUT2D eigenvalue weighted by Gasteiger charge is -2.38. The molecule has 0 spiro atoms. The molecule has 1 fully saturated rings. The van der Waals surface area contributed by atoms with Crippen molar-refractivity contribution in [1.82, 2.24) is 14.8 Å². The van der Waals surface area contributed by atoms with Gasteiger partial charge in [-0.25, -0.2) is 0 Å².